The van der Waals surface area contributed by atoms with Gasteiger partial charge < -0.3 is 20.1 Å². The number of anilines is 2. The van der Waals surface area contributed by atoms with Crippen molar-refractivity contribution in [2.75, 3.05) is 37.9 Å². The molecule has 0 bridgehead atoms. The monoisotopic (exact) mass is 292 g/mol. The summed E-state index contributed by atoms with van der Waals surface area (Å²) < 4.78 is 11.2. The van der Waals surface area contributed by atoms with E-state index in [1.54, 1.807) is 18.4 Å². The highest BCUT2D eigenvalue weighted by molar-refractivity contribution is 7.08. The van der Waals surface area contributed by atoms with Gasteiger partial charge in [0, 0.05) is 43.5 Å². The molecule has 1 unspecified atom stereocenters. The van der Waals surface area contributed by atoms with Gasteiger partial charge in [-0.05, 0) is 23.6 Å². The third kappa shape index (κ3) is 4.15. The maximum absolute atomic E-state index is 5.73. The van der Waals surface area contributed by atoms with Crippen LogP contribution in [-0.4, -0.2) is 33.4 Å². The van der Waals surface area contributed by atoms with Crippen LogP contribution in [0.5, 0.6) is 5.75 Å². The molecule has 0 aliphatic carbocycles. The Kier molecular flexibility index (Phi) is 5.26. The molecule has 108 valence electrons. The molecule has 2 aromatic rings. The first-order valence-electron chi connectivity index (χ1n) is 6.43. The van der Waals surface area contributed by atoms with Crippen molar-refractivity contribution in [3.8, 4) is 5.75 Å². The average Bonchev–Trinajstić information content (AvgIpc) is 2.97. The number of likely N-dealkylation sites (N-methyl/N-ethyl adjacent to an activating group) is 1. The summed E-state index contributed by atoms with van der Waals surface area (Å²) in [5.74, 6) is 0.769. The van der Waals surface area contributed by atoms with Gasteiger partial charge in [-0.1, -0.05) is 6.07 Å². The van der Waals surface area contributed by atoms with E-state index in [2.05, 4.69) is 28.8 Å². The highest BCUT2D eigenvalue weighted by atomic mass is 32.1. The zero-order chi connectivity index (χ0) is 14.4. The van der Waals surface area contributed by atoms with Crippen LogP contribution in [-0.2, 0) is 4.74 Å². The number of rotatable bonds is 7. The molecule has 0 saturated heterocycles. The quantitative estimate of drug-likeness (QED) is 0.797. The molecular weight excluding hydrogens is 272 g/mol. The second-order valence-corrected chi connectivity index (χ2v) is 5.38. The number of ether oxygens (including phenoxy) is 2. The molecule has 1 aromatic heterocycles. The van der Waals surface area contributed by atoms with E-state index >= 15 is 0 Å². The lowest BCUT2D eigenvalue weighted by Gasteiger charge is -2.24. The molecule has 0 aliphatic rings. The zero-order valence-electron chi connectivity index (χ0n) is 11.8. The van der Waals surface area contributed by atoms with Crippen molar-refractivity contribution in [1.82, 2.24) is 0 Å². The third-order valence-corrected chi connectivity index (χ3v) is 3.72. The smallest absolute Gasteiger partial charge is 0.121 e. The van der Waals surface area contributed by atoms with Gasteiger partial charge in [-0.25, -0.2) is 0 Å². The molecule has 20 heavy (non-hydrogen) atoms. The Morgan fingerprint density at radius 3 is 2.85 bits per heavy atom. The molecule has 1 atom stereocenters. The molecule has 2 rings (SSSR count). The Labute approximate surface area is 123 Å². The summed E-state index contributed by atoms with van der Waals surface area (Å²) in [7, 11) is 3.75. The van der Waals surface area contributed by atoms with E-state index in [1.807, 2.05) is 24.3 Å². The number of methoxy groups -OCH3 is 1. The Bertz CT molecular complexity index is 516. The molecule has 1 aromatic carbocycles. The first-order chi connectivity index (χ1) is 9.69. The van der Waals surface area contributed by atoms with Crippen LogP contribution in [0.15, 0.2) is 41.1 Å². The lowest BCUT2D eigenvalue weighted by Crippen LogP contribution is -2.34. The van der Waals surface area contributed by atoms with Crippen molar-refractivity contribution in [1.29, 1.82) is 0 Å². The molecule has 2 N–H and O–H groups in total. The number of thiophene rings is 1. The van der Waals surface area contributed by atoms with Crippen molar-refractivity contribution in [3.63, 3.8) is 0 Å². The van der Waals surface area contributed by atoms with Crippen molar-refractivity contribution < 1.29 is 9.47 Å². The number of hydrogen-bond donors (Lipinski definition) is 1. The lowest BCUT2D eigenvalue weighted by atomic mass is 10.3. The van der Waals surface area contributed by atoms with Crippen molar-refractivity contribution in [2.45, 2.75) is 6.10 Å². The van der Waals surface area contributed by atoms with E-state index in [-0.39, 0.29) is 6.10 Å². The molecule has 0 radical (unpaired) electrons. The normalized spacial score (nSPS) is 12.1. The summed E-state index contributed by atoms with van der Waals surface area (Å²) in [5.41, 5.74) is 7.62. The fourth-order valence-electron chi connectivity index (χ4n) is 1.87. The van der Waals surface area contributed by atoms with Crippen molar-refractivity contribution in [2.24, 2.45) is 0 Å². The van der Waals surface area contributed by atoms with Gasteiger partial charge in [0.05, 0.1) is 0 Å². The SMILES string of the molecule is COC(COc1cccc(N)c1)CN(C)c1ccsc1. The van der Waals surface area contributed by atoms with E-state index < -0.39 is 0 Å². The Hall–Kier alpha value is -1.72. The zero-order valence-corrected chi connectivity index (χ0v) is 12.6. The van der Waals surface area contributed by atoms with Gasteiger partial charge in [-0.2, -0.15) is 11.3 Å². The van der Waals surface area contributed by atoms with Crippen LogP contribution >= 0.6 is 11.3 Å². The lowest BCUT2D eigenvalue weighted by molar-refractivity contribution is 0.0636. The molecule has 0 aliphatic heterocycles. The minimum atomic E-state index is 0.00123. The van der Waals surface area contributed by atoms with E-state index in [0.29, 0.717) is 12.3 Å². The minimum Gasteiger partial charge on any atom is -0.491 e. The first-order valence-corrected chi connectivity index (χ1v) is 7.38. The molecule has 1 heterocycles. The van der Waals surface area contributed by atoms with Crippen LogP contribution < -0.4 is 15.4 Å². The van der Waals surface area contributed by atoms with Crippen LogP contribution in [0.1, 0.15) is 0 Å². The summed E-state index contributed by atoms with van der Waals surface area (Å²) in [6, 6.07) is 9.52. The molecule has 5 heteroatoms. The summed E-state index contributed by atoms with van der Waals surface area (Å²) >= 11 is 1.69. The molecular formula is C15H20N2O2S. The van der Waals surface area contributed by atoms with Crippen LogP contribution in [0.3, 0.4) is 0 Å². The number of hydrogen-bond acceptors (Lipinski definition) is 5. The van der Waals surface area contributed by atoms with Crippen molar-refractivity contribution >= 4 is 22.7 Å². The molecule has 4 nitrogen and oxygen atoms in total. The van der Waals surface area contributed by atoms with Gasteiger partial charge in [0.25, 0.3) is 0 Å². The number of nitrogens with two attached hydrogens (primary N) is 1. The summed E-state index contributed by atoms with van der Waals surface area (Å²) in [6.07, 6.45) is 0.00123. The van der Waals surface area contributed by atoms with E-state index in [0.717, 1.165) is 12.3 Å². The van der Waals surface area contributed by atoms with Crippen LogP contribution in [0, 0.1) is 0 Å². The fourth-order valence-corrected chi connectivity index (χ4v) is 2.57. The largest absolute Gasteiger partial charge is 0.491 e. The number of nitrogen functional groups attached to an aromatic ring is 1. The summed E-state index contributed by atoms with van der Waals surface area (Å²) in [4.78, 5) is 2.16. The topological polar surface area (TPSA) is 47.7 Å². The second kappa shape index (κ2) is 7.17. The second-order valence-electron chi connectivity index (χ2n) is 4.60. The van der Waals surface area contributed by atoms with Gasteiger partial charge in [-0.15, -0.1) is 0 Å². The predicted octanol–water partition coefficient (Wildman–Crippen LogP) is 2.86. The molecule has 0 amide bonds. The summed E-state index contributed by atoms with van der Waals surface area (Å²) in [5, 5.41) is 4.18. The minimum absolute atomic E-state index is 0.00123. The maximum atomic E-state index is 5.73. The van der Waals surface area contributed by atoms with E-state index in [9.17, 15) is 0 Å². The van der Waals surface area contributed by atoms with Gasteiger partial charge >= 0.3 is 0 Å². The van der Waals surface area contributed by atoms with Crippen LogP contribution in [0.4, 0.5) is 11.4 Å². The Morgan fingerprint density at radius 1 is 1.35 bits per heavy atom. The van der Waals surface area contributed by atoms with E-state index in [1.165, 1.54) is 5.69 Å². The molecule has 0 spiro atoms. The first kappa shape index (κ1) is 14.7. The molecule has 0 saturated carbocycles. The van der Waals surface area contributed by atoms with Gasteiger partial charge in [-0.3, -0.25) is 0 Å². The van der Waals surface area contributed by atoms with E-state index in [4.69, 9.17) is 15.2 Å². The Balaban J connectivity index is 1.86. The van der Waals surface area contributed by atoms with Gasteiger partial charge in [0.2, 0.25) is 0 Å². The van der Waals surface area contributed by atoms with Crippen molar-refractivity contribution in [3.05, 3.63) is 41.1 Å². The summed E-state index contributed by atoms with van der Waals surface area (Å²) in [6.45, 7) is 1.27. The molecule has 0 fully saturated rings. The maximum Gasteiger partial charge on any atom is 0.121 e. The average molecular weight is 292 g/mol. The Morgan fingerprint density at radius 2 is 2.20 bits per heavy atom. The van der Waals surface area contributed by atoms with Crippen LogP contribution in [0.25, 0.3) is 0 Å². The van der Waals surface area contributed by atoms with Crippen LogP contribution in [0.2, 0.25) is 0 Å². The third-order valence-electron chi connectivity index (χ3n) is 3.05. The van der Waals surface area contributed by atoms with Gasteiger partial charge in [0.15, 0.2) is 0 Å². The standard InChI is InChI=1S/C15H20N2O2S/c1-17(13-6-7-20-11-13)9-15(18-2)10-19-14-5-3-4-12(16)8-14/h3-8,11,15H,9-10,16H2,1-2H3. The highest BCUT2D eigenvalue weighted by Gasteiger charge is 2.12. The number of nitrogens with zero attached hydrogens (tertiary/aromatic N) is 1. The highest BCUT2D eigenvalue weighted by Crippen LogP contribution is 2.18. The van der Waals surface area contributed by atoms with Gasteiger partial charge in [0.1, 0.15) is 18.5 Å². The number of benzene rings is 1. The predicted molar refractivity (Wildman–Crippen MR) is 84.7 cm³/mol. The fraction of sp³-hybridized carbons (Fsp3) is 0.333.